The van der Waals surface area contributed by atoms with E-state index in [0.29, 0.717) is 49.9 Å². The molecule has 0 spiro atoms. The van der Waals surface area contributed by atoms with Gasteiger partial charge in [0.05, 0.1) is 19.3 Å². The summed E-state index contributed by atoms with van der Waals surface area (Å²) >= 11 is 0. The highest BCUT2D eigenvalue weighted by Crippen LogP contribution is 2.28. The number of aryl methyl sites for hydroxylation is 1. The summed E-state index contributed by atoms with van der Waals surface area (Å²) in [6, 6.07) is 4.18. The van der Waals surface area contributed by atoms with Gasteiger partial charge in [-0.25, -0.2) is 4.39 Å². The second-order valence-corrected chi connectivity index (χ2v) is 11.0. The summed E-state index contributed by atoms with van der Waals surface area (Å²) in [6.07, 6.45) is 4.24. The number of nitrogens with one attached hydrogen (secondary N) is 1. The standard InChI is InChI=1S/C22H29FN6O4S/c1-16-6-7-17(10-19(16)23)11-25-21(30)20-5-3-9-29(20)22(31)18-4-2-8-27(12-18)34(32,33)28-14-26(13-24)15-28/h6-7,10,18,20H,2-5,8-9,11-12,14-15H2,1H3,(H,25,30)/t18-,20+/m0/s1. The predicted octanol–water partition coefficient (Wildman–Crippen LogP) is 0.712. The van der Waals surface area contributed by atoms with Crippen LogP contribution < -0.4 is 5.32 Å². The van der Waals surface area contributed by atoms with Crippen LogP contribution in [-0.4, -0.2) is 77.7 Å². The molecule has 0 unspecified atom stereocenters. The summed E-state index contributed by atoms with van der Waals surface area (Å²) in [5.41, 5.74) is 1.17. The summed E-state index contributed by atoms with van der Waals surface area (Å²) in [7, 11) is -3.74. The molecule has 4 rings (SSSR count). The lowest BCUT2D eigenvalue weighted by molar-refractivity contribution is -0.142. The van der Waals surface area contributed by atoms with E-state index >= 15 is 0 Å². The number of halogens is 1. The van der Waals surface area contributed by atoms with E-state index in [1.165, 1.54) is 19.6 Å². The van der Waals surface area contributed by atoms with Crippen molar-refractivity contribution < 1.29 is 22.4 Å². The Morgan fingerprint density at radius 1 is 1.18 bits per heavy atom. The minimum atomic E-state index is -3.74. The van der Waals surface area contributed by atoms with Gasteiger partial charge in [-0.05, 0) is 49.8 Å². The van der Waals surface area contributed by atoms with Gasteiger partial charge < -0.3 is 10.2 Å². The van der Waals surface area contributed by atoms with Crippen molar-refractivity contribution in [3.8, 4) is 6.19 Å². The van der Waals surface area contributed by atoms with E-state index in [0.717, 1.165) is 0 Å². The number of amides is 2. The minimum absolute atomic E-state index is 0.0210. The van der Waals surface area contributed by atoms with E-state index in [-0.39, 0.29) is 44.1 Å². The van der Waals surface area contributed by atoms with Crippen LogP contribution in [0.3, 0.4) is 0 Å². The smallest absolute Gasteiger partial charge is 0.285 e. The predicted molar refractivity (Wildman–Crippen MR) is 120 cm³/mol. The monoisotopic (exact) mass is 492 g/mol. The first-order valence-electron chi connectivity index (χ1n) is 11.4. The molecule has 184 valence electrons. The Kier molecular flexibility index (Phi) is 7.06. The summed E-state index contributed by atoms with van der Waals surface area (Å²) in [4.78, 5) is 29.0. The quantitative estimate of drug-likeness (QED) is 0.585. The van der Waals surface area contributed by atoms with E-state index in [4.69, 9.17) is 5.26 Å². The van der Waals surface area contributed by atoms with Crippen LogP contribution in [0.25, 0.3) is 0 Å². The van der Waals surface area contributed by atoms with Gasteiger partial charge in [-0.1, -0.05) is 12.1 Å². The lowest BCUT2D eigenvalue weighted by atomic mass is 9.97. The van der Waals surface area contributed by atoms with Crippen LogP contribution in [0.1, 0.15) is 36.8 Å². The zero-order valence-corrected chi connectivity index (χ0v) is 19.9. The number of hydrogen-bond acceptors (Lipinski definition) is 6. The van der Waals surface area contributed by atoms with Crippen molar-refractivity contribution in [3.05, 3.63) is 35.1 Å². The van der Waals surface area contributed by atoms with Gasteiger partial charge in [0.2, 0.25) is 11.8 Å². The number of carbonyl (C=O) groups excluding carboxylic acids is 2. The van der Waals surface area contributed by atoms with Crippen molar-refractivity contribution in [2.24, 2.45) is 5.92 Å². The zero-order chi connectivity index (χ0) is 24.5. The van der Waals surface area contributed by atoms with Crippen LogP contribution in [0.2, 0.25) is 0 Å². The zero-order valence-electron chi connectivity index (χ0n) is 19.1. The molecule has 1 aromatic carbocycles. The topological polar surface area (TPSA) is 117 Å². The van der Waals surface area contributed by atoms with Crippen molar-refractivity contribution in [2.75, 3.05) is 33.0 Å². The molecule has 3 saturated heterocycles. The highest BCUT2D eigenvalue weighted by molar-refractivity contribution is 7.86. The molecule has 1 aromatic rings. The number of benzene rings is 1. The molecule has 1 N–H and O–H groups in total. The molecule has 34 heavy (non-hydrogen) atoms. The summed E-state index contributed by atoms with van der Waals surface area (Å²) in [6.45, 7) is 2.72. The highest BCUT2D eigenvalue weighted by atomic mass is 32.2. The normalized spacial score (nSPS) is 23.9. The molecule has 10 nitrogen and oxygen atoms in total. The molecular weight excluding hydrogens is 463 g/mol. The molecule has 0 bridgehead atoms. The fourth-order valence-corrected chi connectivity index (χ4v) is 6.28. The maximum Gasteiger partial charge on any atom is 0.285 e. The fourth-order valence-electron chi connectivity index (χ4n) is 4.66. The van der Waals surface area contributed by atoms with E-state index in [9.17, 15) is 22.4 Å². The van der Waals surface area contributed by atoms with Crippen LogP contribution in [0.4, 0.5) is 4.39 Å². The number of piperidine rings is 1. The largest absolute Gasteiger partial charge is 0.350 e. The average Bonchev–Trinajstić information content (AvgIpc) is 3.28. The average molecular weight is 493 g/mol. The van der Waals surface area contributed by atoms with Gasteiger partial charge in [0.1, 0.15) is 11.9 Å². The Morgan fingerprint density at radius 3 is 2.62 bits per heavy atom. The van der Waals surface area contributed by atoms with Crippen LogP contribution in [0.5, 0.6) is 0 Å². The highest BCUT2D eigenvalue weighted by Gasteiger charge is 2.43. The Morgan fingerprint density at radius 2 is 1.91 bits per heavy atom. The molecule has 2 atom stereocenters. The first-order chi connectivity index (χ1) is 16.2. The molecule has 3 aliphatic heterocycles. The van der Waals surface area contributed by atoms with Crippen molar-refractivity contribution in [1.82, 2.24) is 23.7 Å². The first-order valence-corrected chi connectivity index (χ1v) is 12.8. The number of likely N-dealkylation sites (tertiary alicyclic amines) is 1. The van der Waals surface area contributed by atoms with Crippen LogP contribution in [0, 0.1) is 30.1 Å². The van der Waals surface area contributed by atoms with Crippen molar-refractivity contribution in [2.45, 2.75) is 45.2 Å². The molecule has 0 aromatic heterocycles. The van der Waals surface area contributed by atoms with E-state index in [1.54, 1.807) is 24.0 Å². The number of carbonyl (C=O) groups is 2. The summed E-state index contributed by atoms with van der Waals surface area (Å²) in [5.74, 6) is -1.35. The lowest BCUT2D eigenvalue weighted by Gasteiger charge is -2.42. The molecule has 12 heteroatoms. The molecule has 3 heterocycles. The van der Waals surface area contributed by atoms with Crippen LogP contribution in [0.15, 0.2) is 18.2 Å². The minimum Gasteiger partial charge on any atom is -0.350 e. The molecule has 2 amide bonds. The Bertz CT molecular complexity index is 1100. The van der Waals surface area contributed by atoms with Gasteiger partial charge >= 0.3 is 0 Å². The Hall–Kier alpha value is -2.75. The summed E-state index contributed by atoms with van der Waals surface area (Å²) in [5, 5.41) is 11.7. The Balaban J connectivity index is 1.36. The third kappa shape index (κ3) is 4.87. The lowest BCUT2D eigenvalue weighted by Crippen LogP contribution is -2.60. The number of nitrogens with zero attached hydrogens (tertiary/aromatic N) is 5. The molecular formula is C22H29FN6O4S. The van der Waals surface area contributed by atoms with Gasteiger partial charge in [-0.15, -0.1) is 4.31 Å². The van der Waals surface area contributed by atoms with Gasteiger partial charge in [0.25, 0.3) is 10.2 Å². The van der Waals surface area contributed by atoms with Gasteiger partial charge in [-0.2, -0.15) is 18.0 Å². The maximum atomic E-state index is 13.8. The van der Waals surface area contributed by atoms with E-state index in [1.807, 2.05) is 6.19 Å². The van der Waals surface area contributed by atoms with Gasteiger partial charge in [0.15, 0.2) is 6.19 Å². The van der Waals surface area contributed by atoms with Gasteiger partial charge in [-0.3, -0.25) is 14.5 Å². The van der Waals surface area contributed by atoms with Crippen molar-refractivity contribution in [1.29, 1.82) is 5.26 Å². The second-order valence-electron chi connectivity index (χ2n) is 9.07. The number of nitriles is 1. The van der Waals surface area contributed by atoms with Crippen LogP contribution >= 0.6 is 0 Å². The third-order valence-corrected chi connectivity index (χ3v) is 8.59. The van der Waals surface area contributed by atoms with Crippen molar-refractivity contribution in [3.63, 3.8) is 0 Å². The van der Waals surface area contributed by atoms with E-state index < -0.39 is 22.2 Å². The molecule has 0 radical (unpaired) electrons. The third-order valence-electron chi connectivity index (χ3n) is 6.73. The molecule has 0 saturated carbocycles. The maximum absolute atomic E-state index is 13.8. The number of hydrogen-bond donors (Lipinski definition) is 1. The fraction of sp³-hybridized carbons (Fsp3) is 0.591. The van der Waals surface area contributed by atoms with E-state index in [2.05, 4.69) is 5.32 Å². The second kappa shape index (κ2) is 9.85. The van der Waals surface area contributed by atoms with Crippen LogP contribution in [-0.2, 0) is 26.3 Å². The molecule has 3 fully saturated rings. The SMILES string of the molecule is Cc1ccc(CNC(=O)[C@H]2CCCN2C(=O)[C@H]2CCCN(S(=O)(=O)N3CN(C#N)C3)C2)cc1F. The Labute approximate surface area is 199 Å². The molecule has 3 aliphatic rings. The number of rotatable bonds is 6. The summed E-state index contributed by atoms with van der Waals surface area (Å²) < 4.78 is 42.0. The first kappa shape index (κ1) is 24.4. The van der Waals surface area contributed by atoms with Crippen molar-refractivity contribution >= 4 is 22.0 Å². The molecule has 0 aliphatic carbocycles. The van der Waals surface area contributed by atoms with Gasteiger partial charge in [0, 0.05) is 26.2 Å².